The Kier molecular flexibility index (Phi) is 4.55. The summed E-state index contributed by atoms with van der Waals surface area (Å²) in [5, 5.41) is 2.93. The molecule has 0 spiro atoms. The Hall–Kier alpha value is -0.610. The van der Waals surface area contributed by atoms with Crippen molar-refractivity contribution in [2.24, 2.45) is 5.92 Å². The third-order valence-electron chi connectivity index (χ3n) is 2.57. The van der Waals surface area contributed by atoms with Gasteiger partial charge in [-0.05, 0) is 37.0 Å². The lowest BCUT2D eigenvalue weighted by molar-refractivity contribution is -0.136. The van der Waals surface area contributed by atoms with Crippen molar-refractivity contribution >= 4 is 29.7 Å². The first-order chi connectivity index (χ1) is 7.47. The number of rotatable bonds is 3. The van der Waals surface area contributed by atoms with Crippen molar-refractivity contribution in [1.82, 2.24) is 0 Å². The van der Waals surface area contributed by atoms with E-state index in [4.69, 9.17) is 11.6 Å². The molecule has 2 rings (SSSR count). The number of hydrogen-bond donors (Lipinski definition) is 1. The minimum absolute atomic E-state index is 0. The minimum Gasteiger partial charge on any atom is -0.384 e. The number of nitrogens with one attached hydrogen (secondary N) is 1. The molecule has 1 nitrogen and oxygen atoms in total. The van der Waals surface area contributed by atoms with Gasteiger partial charge in [0.1, 0.15) is 0 Å². The first-order valence-corrected chi connectivity index (χ1v) is 5.45. The molecule has 1 fully saturated rings. The average Bonchev–Trinajstić information content (AvgIpc) is 2.98. The topological polar surface area (TPSA) is 12.0 Å². The highest BCUT2D eigenvalue weighted by molar-refractivity contribution is 6.30. The third-order valence-corrected chi connectivity index (χ3v) is 2.80. The van der Waals surface area contributed by atoms with Crippen molar-refractivity contribution in [3.8, 4) is 0 Å². The Labute approximate surface area is 109 Å². The Morgan fingerprint density at radius 3 is 2.47 bits per heavy atom. The molecular weight excluding hydrogens is 274 g/mol. The molecule has 1 N–H and O–H groups in total. The van der Waals surface area contributed by atoms with Gasteiger partial charge >= 0.3 is 6.18 Å². The molecule has 1 saturated carbocycles. The molecule has 0 atom stereocenters. The molecule has 1 aromatic rings. The van der Waals surface area contributed by atoms with Crippen molar-refractivity contribution in [1.29, 1.82) is 0 Å². The van der Waals surface area contributed by atoms with E-state index in [9.17, 15) is 13.2 Å². The van der Waals surface area contributed by atoms with Gasteiger partial charge in [0, 0.05) is 17.3 Å². The van der Waals surface area contributed by atoms with Gasteiger partial charge in [-0.15, -0.1) is 12.4 Å². The molecule has 0 unspecified atom stereocenters. The van der Waals surface area contributed by atoms with Crippen LogP contribution in [0.3, 0.4) is 0 Å². The second-order valence-corrected chi connectivity index (χ2v) is 4.45. The predicted molar refractivity (Wildman–Crippen MR) is 64.9 cm³/mol. The van der Waals surface area contributed by atoms with Gasteiger partial charge in [-0.3, -0.25) is 0 Å². The first kappa shape index (κ1) is 14.5. The number of hydrogen-bond acceptors (Lipinski definition) is 1. The third kappa shape index (κ3) is 3.96. The smallest absolute Gasteiger partial charge is 0.384 e. The lowest BCUT2D eigenvalue weighted by Crippen LogP contribution is -2.12. The normalized spacial score (nSPS) is 15.3. The van der Waals surface area contributed by atoms with Crippen molar-refractivity contribution in [3.05, 3.63) is 28.8 Å². The molecule has 1 aliphatic rings. The van der Waals surface area contributed by atoms with Crippen molar-refractivity contribution < 1.29 is 13.2 Å². The molecule has 0 radical (unpaired) electrons. The highest BCUT2D eigenvalue weighted by Crippen LogP contribution is 2.37. The van der Waals surface area contributed by atoms with Crippen molar-refractivity contribution in [3.63, 3.8) is 0 Å². The fourth-order valence-corrected chi connectivity index (χ4v) is 1.65. The van der Waals surface area contributed by atoms with Crippen LogP contribution in [0.1, 0.15) is 18.4 Å². The van der Waals surface area contributed by atoms with Crippen LogP contribution in [0.4, 0.5) is 18.9 Å². The fourth-order valence-electron chi connectivity index (χ4n) is 1.48. The lowest BCUT2D eigenvalue weighted by Gasteiger charge is -2.14. The maximum atomic E-state index is 12.7. The SMILES string of the molecule is Cl.FC(F)(F)c1cc(Cl)ccc1NCC1CC1. The molecule has 1 aromatic carbocycles. The summed E-state index contributed by atoms with van der Waals surface area (Å²) in [6, 6.07) is 3.80. The molecule has 0 aliphatic heterocycles. The molecule has 1 aliphatic carbocycles. The predicted octanol–water partition coefficient (Wildman–Crippen LogP) is 4.60. The van der Waals surface area contributed by atoms with Gasteiger partial charge in [0.15, 0.2) is 0 Å². The lowest BCUT2D eigenvalue weighted by atomic mass is 10.1. The van der Waals surface area contributed by atoms with Gasteiger partial charge in [0.2, 0.25) is 0 Å². The largest absolute Gasteiger partial charge is 0.418 e. The molecule has 0 aromatic heterocycles. The molecular formula is C11H12Cl2F3N. The van der Waals surface area contributed by atoms with E-state index in [0.29, 0.717) is 12.5 Å². The van der Waals surface area contributed by atoms with E-state index in [-0.39, 0.29) is 23.1 Å². The zero-order chi connectivity index (χ0) is 11.8. The Morgan fingerprint density at radius 2 is 1.94 bits per heavy atom. The minimum atomic E-state index is -4.36. The van der Waals surface area contributed by atoms with E-state index < -0.39 is 11.7 Å². The van der Waals surface area contributed by atoms with Crippen LogP contribution in [-0.2, 0) is 6.18 Å². The quantitative estimate of drug-likeness (QED) is 0.856. The summed E-state index contributed by atoms with van der Waals surface area (Å²) in [6.45, 7) is 0.602. The maximum absolute atomic E-state index is 12.7. The zero-order valence-electron chi connectivity index (χ0n) is 8.85. The summed E-state index contributed by atoms with van der Waals surface area (Å²) >= 11 is 5.57. The van der Waals surface area contributed by atoms with E-state index in [1.807, 2.05) is 0 Å². The Bertz CT molecular complexity index is 389. The number of benzene rings is 1. The highest BCUT2D eigenvalue weighted by atomic mass is 35.5. The monoisotopic (exact) mass is 285 g/mol. The molecule has 0 heterocycles. The number of alkyl halides is 3. The fraction of sp³-hybridized carbons (Fsp3) is 0.455. The van der Waals surface area contributed by atoms with Crippen LogP contribution in [0.25, 0.3) is 0 Å². The summed E-state index contributed by atoms with van der Waals surface area (Å²) in [5.74, 6) is 0.525. The van der Waals surface area contributed by atoms with Crippen LogP contribution in [-0.4, -0.2) is 6.54 Å². The van der Waals surface area contributed by atoms with Gasteiger partial charge < -0.3 is 5.32 Å². The van der Waals surface area contributed by atoms with E-state index >= 15 is 0 Å². The summed E-state index contributed by atoms with van der Waals surface area (Å²) < 4.78 is 38.0. The molecule has 6 heteroatoms. The zero-order valence-corrected chi connectivity index (χ0v) is 10.4. The van der Waals surface area contributed by atoms with Crippen LogP contribution in [0.5, 0.6) is 0 Å². The maximum Gasteiger partial charge on any atom is 0.418 e. The summed E-state index contributed by atoms with van der Waals surface area (Å²) in [6.07, 6.45) is -2.17. The summed E-state index contributed by atoms with van der Waals surface area (Å²) in [5.41, 5.74) is -0.579. The molecule has 0 bridgehead atoms. The number of halogens is 5. The Morgan fingerprint density at radius 1 is 1.29 bits per heavy atom. The van der Waals surface area contributed by atoms with E-state index in [2.05, 4.69) is 5.32 Å². The Balaban J connectivity index is 0.00000144. The molecule has 17 heavy (non-hydrogen) atoms. The van der Waals surface area contributed by atoms with E-state index in [0.717, 1.165) is 18.9 Å². The van der Waals surface area contributed by atoms with Crippen LogP contribution in [0.15, 0.2) is 18.2 Å². The van der Waals surface area contributed by atoms with Crippen LogP contribution >= 0.6 is 24.0 Å². The van der Waals surface area contributed by atoms with E-state index in [1.165, 1.54) is 12.1 Å². The van der Waals surface area contributed by atoms with Gasteiger partial charge in [-0.1, -0.05) is 11.6 Å². The average molecular weight is 286 g/mol. The van der Waals surface area contributed by atoms with Gasteiger partial charge in [-0.2, -0.15) is 13.2 Å². The van der Waals surface area contributed by atoms with Gasteiger partial charge in [0.05, 0.1) is 5.56 Å². The van der Waals surface area contributed by atoms with Gasteiger partial charge in [0.25, 0.3) is 0 Å². The first-order valence-electron chi connectivity index (χ1n) is 5.07. The molecule has 0 saturated heterocycles. The summed E-state index contributed by atoms with van der Waals surface area (Å²) in [7, 11) is 0. The highest BCUT2D eigenvalue weighted by Gasteiger charge is 2.34. The summed E-state index contributed by atoms with van der Waals surface area (Å²) in [4.78, 5) is 0. The standard InChI is InChI=1S/C11H11ClF3N.ClH/c12-8-3-4-10(16-6-7-1-2-7)9(5-8)11(13,14)15;/h3-5,7,16H,1-2,6H2;1H. The van der Waals surface area contributed by atoms with Gasteiger partial charge in [-0.25, -0.2) is 0 Å². The van der Waals surface area contributed by atoms with Crippen LogP contribution < -0.4 is 5.32 Å². The van der Waals surface area contributed by atoms with Crippen molar-refractivity contribution in [2.45, 2.75) is 19.0 Å². The van der Waals surface area contributed by atoms with Crippen molar-refractivity contribution in [2.75, 3.05) is 11.9 Å². The molecule has 96 valence electrons. The molecule has 0 amide bonds. The second kappa shape index (κ2) is 5.36. The van der Waals surface area contributed by atoms with E-state index in [1.54, 1.807) is 0 Å². The second-order valence-electron chi connectivity index (χ2n) is 4.01. The van der Waals surface area contributed by atoms with Crippen LogP contribution in [0.2, 0.25) is 5.02 Å². The number of anilines is 1. The van der Waals surface area contributed by atoms with Crippen LogP contribution in [0, 0.1) is 5.92 Å².